The van der Waals surface area contributed by atoms with Gasteiger partial charge in [-0.05, 0) is 24.1 Å². The number of alkyl carbamates (subject to hydrolysis) is 1. The second-order valence-corrected chi connectivity index (χ2v) is 6.76. The molecule has 28 heavy (non-hydrogen) atoms. The van der Waals surface area contributed by atoms with Crippen LogP contribution in [0.3, 0.4) is 0 Å². The molecule has 0 bridgehead atoms. The van der Waals surface area contributed by atoms with Crippen molar-refractivity contribution >= 4 is 12.0 Å². The molecule has 1 atom stereocenters. The number of nitrogens with one attached hydrogen (secondary N) is 1. The fourth-order valence-corrected chi connectivity index (χ4v) is 2.82. The molecular weight excluding hydrogens is 352 g/mol. The molecule has 2 aromatic rings. The summed E-state index contributed by atoms with van der Waals surface area (Å²) in [6.45, 7) is 3.34. The molecule has 0 aromatic heterocycles. The van der Waals surface area contributed by atoms with Gasteiger partial charge in [-0.2, -0.15) is 0 Å². The van der Waals surface area contributed by atoms with E-state index in [4.69, 9.17) is 4.74 Å². The molecule has 0 spiro atoms. The van der Waals surface area contributed by atoms with E-state index in [9.17, 15) is 9.59 Å². The van der Waals surface area contributed by atoms with Gasteiger partial charge >= 0.3 is 6.09 Å². The smallest absolute Gasteiger partial charge is 0.407 e. The van der Waals surface area contributed by atoms with Gasteiger partial charge in [-0.15, -0.1) is 0 Å². The minimum Gasteiger partial charge on any atom is -0.445 e. The lowest BCUT2D eigenvalue weighted by molar-refractivity contribution is -0.126. The van der Waals surface area contributed by atoms with Crippen LogP contribution in [0.1, 0.15) is 29.5 Å². The molecule has 1 aliphatic heterocycles. The van der Waals surface area contributed by atoms with Gasteiger partial charge in [0.25, 0.3) is 0 Å². The average molecular weight is 376 g/mol. The fourth-order valence-electron chi connectivity index (χ4n) is 2.82. The van der Waals surface area contributed by atoms with E-state index in [1.807, 2.05) is 61.5 Å². The van der Waals surface area contributed by atoms with Crippen LogP contribution in [0, 0.1) is 18.8 Å². The normalized spacial score (nSPS) is 14.6. The van der Waals surface area contributed by atoms with E-state index in [0.717, 1.165) is 16.7 Å². The molecule has 144 valence electrons. The Labute approximate surface area is 165 Å². The minimum absolute atomic E-state index is 0.0566. The maximum absolute atomic E-state index is 12.2. The van der Waals surface area contributed by atoms with Crippen molar-refractivity contribution < 1.29 is 14.3 Å². The summed E-state index contributed by atoms with van der Waals surface area (Å²) in [6, 6.07) is 17.5. The van der Waals surface area contributed by atoms with Gasteiger partial charge in [0, 0.05) is 31.5 Å². The molecule has 2 amide bonds. The number of carbonyl (C=O) groups is 2. The maximum Gasteiger partial charge on any atom is 0.407 e. The van der Waals surface area contributed by atoms with Crippen LogP contribution in [0.25, 0.3) is 0 Å². The van der Waals surface area contributed by atoms with E-state index < -0.39 is 6.09 Å². The molecule has 2 aromatic carbocycles. The second-order valence-electron chi connectivity index (χ2n) is 6.76. The summed E-state index contributed by atoms with van der Waals surface area (Å²) < 4.78 is 5.16. The Morgan fingerprint density at radius 2 is 1.89 bits per heavy atom. The summed E-state index contributed by atoms with van der Waals surface area (Å²) in [5.41, 5.74) is 3.07. The number of hydrogen-bond donors (Lipinski definition) is 1. The van der Waals surface area contributed by atoms with Crippen molar-refractivity contribution in [2.24, 2.45) is 0 Å². The molecule has 3 rings (SSSR count). The predicted molar refractivity (Wildman–Crippen MR) is 107 cm³/mol. The Bertz CT molecular complexity index is 883. The summed E-state index contributed by atoms with van der Waals surface area (Å²) in [6.07, 6.45) is 0.462. The van der Waals surface area contributed by atoms with Crippen LogP contribution in [-0.4, -0.2) is 36.0 Å². The number of amides is 2. The lowest BCUT2D eigenvalue weighted by Gasteiger charge is -2.07. The molecule has 5 heteroatoms. The Morgan fingerprint density at radius 1 is 1.14 bits per heavy atom. The third-order valence-corrected chi connectivity index (χ3v) is 4.56. The zero-order valence-electron chi connectivity index (χ0n) is 16.0. The van der Waals surface area contributed by atoms with Crippen molar-refractivity contribution in [2.75, 3.05) is 13.1 Å². The Kier molecular flexibility index (Phi) is 6.69. The van der Waals surface area contributed by atoms with Crippen LogP contribution < -0.4 is 5.32 Å². The van der Waals surface area contributed by atoms with Crippen LogP contribution in [0.15, 0.2) is 54.6 Å². The highest BCUT2D eigenvalue weighted by molar-refractivity contribution is 5.79. The summed E-state index contributed by atoms with van der Waals surface area (Å²) in [4.78, 5) is 25.7. The molecule has 1 unspecified atom stereocenters. The van der Waals surface area contributed by atoms with Crippen LogP contribution in [0.4, 0.5) is 4.79 Å². The third-order valence-electron chi connectivity index (χ3n) is 4.56. The molecule has 0 saturated carbocycles. The molecule has 1 fully saturated rings. The minimum atomic E-state index is -0.466. The summed E-state index contributed by atoms with van der Waals surface area (Å²) in [5.74, 6) is 6.25. The highest BCUT2D eigenvalue weighted by Gasteiger charge is 2.37. The van der Waals surface area contributed by atoms with Gasteiger partial charge in [-0.25, -0.2) is 4.79 Å². The van der Waals surface area contributed by atoms with Crippen molar-refractivity contribution in [3.63, 3.8) is 0 Å². The van der Waals surface area contributed by atoms with Crippen LogP contribution in [0.5, 0.6) is 0 Å². The lowest BCUT2D eigenvalue weighted by atomic mass is 10.1. The first-order chi connectivity index (χ1) is 13.6. The number of hydrogen-bond acceptors (Lipinski definition) is 3. The van der Waals surface area contributed by atoms with Crippen molar-refractivity contribution in [3.8, 4) is 11.8 Å². The summed E-state index contributed by atoms with van der Waals surface area (Å²) in [5, 5.41) is 2.71. The van der Waals surface area contributed by atoms with Crippen LogP contribution in [0.2, 0.25) is 0 Å². The molecule has 0 radical (unpaired) electrons. The molecule has 1 aliphatic rings. The fraction of sp³-hybridized carbons (Fsp3) is 0.304. The Morgan fingerprint density at radius 3 is 2.68 bits per heavy atom. The van der Waals surface area contributed by atoms with Gasteiger partial charge < -0.3 is 15.0 Å². The van der Waals surface area contributed by atoms with Crippen molar-refractivity contribution in [3.05, 3.63) is 71.3 Å². The molecule has 0 aliphatic carbocycles. The van der Waals surface area contributed by atoms with Gasteiger partial charge in [0.2, 0.25) is 5.91 Å². The molecule has 5 nitrogen and oxygen atoms in total. The van der Waals surface area contributed by atoms with E-state index in [1.165, 1.54) is 0 Å². The first-order valence-electron chi connectivity index (χ1n) is 9.42. The van der Waals surface area contributed by atoms with E-state index in [-0.39, 0.29) is 18.6 Å². The summed E-state index contributed by atoms with van der Waals surface area (Å²) in [7, 11) is 0. The number of aryl methyl sites for hydroxylation is 1. The van der Waals surface area contributed by atoms with Gasteiger partial charge in [0.05, 0.1) is 6.04 Å². The maximum atomic E-state index is 12.2. The molecular formula is C23H24N2O3. The number of ether oxygens (including phenoxy) is 1. The Hall–Kier alpha value is -3.26. The molecule has 1 N–H and O–H groups in total. The molecule has 1 saturated heterocycles. The van der Waals surface area contributed by atoms with Gasteiger partial charge in [0.1, 0.15) is 6.61 Å². The van der Waals surface area contributed by atoms with Crippen molar-refractivity contribution in [1.82, 2.24) is 10.2 Å². The number of nitrogens with zero attached hydrogens (tertiary/aromatic N) is 1. The first-order valence-corrected chi connectivity index (χ1v) is 9.42. The van der Waals surface area contributed by atoms with Crippen LogP contribution >= 0.6 is 0 Å². The zero-order chi connectivity index (χ0) is 19.8. The monoisotopic (exact) mass is 376 g/mol. The quantitative estimate of drug-likeness (QED) is 0.622. The number of benzene rings is 2. The van der Waals surface area contributed by atoms with Gasteiger partial charge in [-0.3, -0.25) is 4.79 Å². The zero-order valence-corrected chi connectivity index (χ0v) is 16.0. The van der Waals surface area contributed by atoms with E-state index in [2.05, 4.69) is 17.2 Å². The van der Waals surface area contributed by atoms with Gasteiger partial charge in [-0.1, -0.05) is 60.4 Å². The molecule has 1 heterocycles. The van der Waals surface area contributed by atoms with Gasteiger partial charge in [0.15, 0.2) is 0 Å². The standard InChI is InChI=1S/C23H24N2O3/c1-18-9-5-6-12-20(18)13-7-8-14-22(26)25-16-21(25)15-24-23(27)28-17-19-10-3-2-4-11-19/h2-6,9-12,21H,8,14-17H2,1H3,(H,24,27). The van der Waals surface area contributed by atoms with Crippen molar-refractivity contribution in [1.29, 1.82) is 0 Å². The average Bonchev–Trinajstić information content (AvgIpc) is 3.50. The largest absolute Gasteiger partial charge is 0.445 e. The topological polar surface area (TPSA) is 58.4 Å². The number of carbonyl (C=O) groups excluding carboxylic acids is 2. The first kappa shape index (κ1) is 19.5. The third kappa shape index (κ3) is 5.88. The van der Waals surface area contributed by atoms with E-state index in [1.54, 1.807) is 4.90 Å². The SMILES string of the molecule is Cc1ccccc1C#CCCC(=O)N1CC1CNC(=O)OCc1ccccc1. The van der Waals surface area contributed by atoms with E-state index >= 15 is 0 Å². The van der Waals surface area contributed by atoms with E-state index in [0.29, 0.717) is 25.9 Å². The highest BCUT2D eigenvalue weighted by Crippen LogP contribution is 2.18. The summed E-state index contributed by atoms with van der Waals surface area (Å²) >= 11 is 0. The predicted octanol–water partition coefficient (Wildman–Crippen LogP) is 3.26. The second kappa shape index (κ2) is 9.61. The lowest BCUT2D eigenvalue weighted by Crippen LogP contribution is -2.30. The van der Waals surface area contributed by atoms with Crippen LogP contribution in [-0.2, 0) is 16.1 Å². The Balaban J connectivity index is 1.31. The number of rotatable bonds is 6. The van der Waals surface area contributed by atoms with Crippen molar-refractivity contribution in [2.45, 2.75) is 32.4 Å². The highest BCUT2D eigenvalue weighted by atomic mass is 16.5.